The Labute approximate surface area is 74.7 Å². The van der Waals surface area contributed by atoms with Gasteiger partial charge in [0.05, 0.1) is 6.61 Å². The first kappa shape index (κ1) is 11.4. The zero-order valence-corrected chi connectivity index (χ0v) is 8.30. The van der Waals surface area contributed by atoms with Crippen molar-refractivity contribution in [3.8, 4) is 0 Å². The van der Waals surface area contributed by atoms with Gasteiger partial charge in [-0.1, -0.05) is 13.3 Å². The van der Waals surface area contributed by atoms with Crippen LogP contribution in [0.1, 0.15) is 26.2 Å². The van der Waals surface area contributed by atoms with E-state index in [1.165, 1.54) is 0 Å². The molecule has 0 N–H and O–H groups in total. The molecule has 0 rings (SSSR count). The minimum absolute atomic E-state index is 0.217. The van der Waals surface area contributed by atoms with Gasteiger partial charge in [0, 0.05) is 27.1 Å². The molecule has 3 nitrogen and oxygen atoms in total. The van der Waals surface area contributed by atoms with E-state index >= 15 is 0 Å². The number of nitrogens with zero attached hydrogens (tertiary/aromatic N) is 1. The molecule has 0 aromatic heterocycles. The molecule has 0 aliphatic carbocycles. The predicted molar refractivity (Wildman–Crippen MR) is 49.0 cm³/mol. The largest absolute Gasteiger partial charge is 0.383 e. The molecule has 0 aliphatic heterocycles. The lowest BCUT2D eigenvalue weighted by Crippen LogP contribution is -2.29. The Balaban J connectivity index is 3.47. The Bertz CT molecular complexity index is 126. The van der Waals surface area contributed by atoms with Crippen molar-refractivity contribution in [3.63, 3.8) is 0 Å². The van der Waals surface area contributed by atoms with Crippen LogP contribution in [-0.4, -0.2) is 38.1 Å². The Morgan fingerprint density at radius 3 is 2.67 bits per heavy atom. The second-order valence-electron chi connectivity index (χ2n) is 2.91. The number of rotatable bonds is 6. The smallest absolute Gasteiger partial charge is 0.222 e. The maximum absolute atomic E-state index is 11.3. The number of carbonyl (C=O) groups is 1. The van der Waals surface area contributed by atoms with Gasteiger partial charge in [-0.3, -0.25) is 4.79 Å². The zero-order valence-electron chi connectivity index (χ0n) is 8.30. The molecule has 0 aromatic carbocycles. The van der Waals surface area contributed by atoms with E-state index in [4.69, 9.17) is 4.74 Å². The lowest BCUT2D eigenvalue weighted by Gasteiger charge is -2.15. The molecule has 0 bridgehead atoms. The van der Waals surface area contributed by atoms with Crippen molar-refractivity contribution in [1.82, 2.24) is 4.90 Å². The van der Waals surface area contributed by atoms with Crippen LogP contribution >= 0.6 is 0 Å². The molecule has 72 valence electrons. The van der Waals surface area contributed by atoms with E-state index in [0.29, 0.717) is 19.6 Å². The van der Waals surface area contributed by atoms with Crippen LogP contribution in [0.4, 0.5) is 0 Å². The summed E-state index contributed by atoms with van der Waals surface area (Å²) in [5.41, 5.74) is 0. The normalized spacial score (nSPS) is 9.92. The second kappa shape index (κ2) is 7.10. The van der Waals surface area contributed by atoms with Gasteiger partial charge in [-0.2, -0.15) is 0 Å². The summed E-state index contributed by atoms with van der Waals surface area (Å²) in [7, 11) is 3.46. The van der Waals surface area contributed by atoms with Crippen LogP contribution in [0.3, 0.4) is 0 Å². The zero-order chi connectivity index (χ0) is 9.40. The standard InChI is InChI=1S/C9H19NO2/c1-4-5-6-9(11)10(2)7-8-12-3/h4-8H2,1-3H3. The fraction of sp³-hybridized carbons (Fsp3) is 0.889. The van der Waals surface area contributed by atoms with Gasteiger partial charge in [-0.05, 0) is 6.42 Å². The number of ether oxygens (including phenoxy) is 1. The van der Waals surface area contributed by atoms with E-state index in [1.807, 2.05) is 7.05 Å². The maximum atomic E-state index is 11.3. The number of amides is 1. The van der Waals surface area contributed by atoms with E-state index in [2.05, 4.69) is 6.92 Å². The topological polar surface area (TPSA) is 29.5 Å². The Morgan fingerprint density at radius 1 is 1.50 bits per heavy atom. The molecule has 0 unspecified atom stereocenters. The van der Waals surface area contributed by atoms with Crippen LogP contribution in [0, 0.1) is 0 Å². The predicted octanol–water partition coefficient (Wildman–Crippen LogP) is 1.28. The lowest BCUT2D eigenvalue weighted by atomic mass is 10.2. The van der Waals surface area contributed by atoms with Crippen molar-refractivity contribution in [2.24, 2.45) is 0 Å². The maximum Gasteiger partial charge on any atom is 0.222 e. The molecule has 1 amide bonds. The summed E-state index contributed by atoms with van der Waals surface area (Å²) in [5.74, 6) is 0.217. The number of carbonyl (C=O) groups excluding carboxylic acids is 1. The number of unbranched alkanes of at least 4 members (excludes halogenated alkanes) is 1. The van der Waals surface area contributed by atoms with Crippen LogP contribution in [0.25, 0.3) is 0 Å². The highest BCUT2D eigenvalue weighted by atomic mass is 16.5. The van der Waals surface area contributed by atoms with Gasteiger partial charge in [-0.15, -0.1) is 0 Å². The van der Waals surface area contributed by atoms with Gasteiger partial charge in [0.25, 0.3) is 0 Å². The molecule has 0 fully saturated rings. The molecule has 3 heteroatoms. The quantitative estimate of drug-likeness (QED) is 0.605. The van der Waals surface area contributed by atoms with Crippen LogP contribution in [0.2, 0.25) is 0 Å². The average molecular weight is 173 g/mol. The van der Waals surface area contributed by atoms with Crippen LogP contribution in [-0.2, 0) is 9.53 Å². The van der Waals surface area contributed by atoms with Gasteiger partial charge in [0.2, 0.25) is 5.91 Å². The molecule has 12 heavy (non-hydrogen) atoms. The van der Waals surface area contributed by atoms with Gasteiger partial charge < -0.3 is 9.64 Å². The van der Waals surface area contributed by atoms with E-state index < -0.39 is 0 Å². The summed E-state index contributed by atoms with van der Waals surface area (Å²) >= 11 is 0. The first-order valence-corrected chi connectivity index (χ1v) is 4.45. The monoisotopic (exact) mass is 173 g/mol. The number of hydrogen-bond acceptors (Lipinski definition) is 2. The van der Waals surface area contributed by atoms with Crippen molar-refractivity contribution >= 4 is 5.91 Å². The van der Waals surface area contributed by atoms with E-state index in [9.17, 15) is 4.79 Å². The molecule has 0 aromatic rings. The second-order valence-corrected chi connectivity index (χ2v) is 2.91. The number of likely N-dealkylation sites (N-methyl/N-ethyl adjacent to an activating group) is 1. The van der Waals surface area contributed by atoms with Crippen molar-refractivity contribution in [1.29, 1.82) is 0 Å². The highest BCUT2D eigenvalue weighted by Crippen LogP contribution is 1.97. The molecule has 0 atom stereocenters. The minimum atomic E-state index is 0.217. The highest BCUT2D eigenvalue weighted by Gasteiger charge is 2.06. The summed E-state index contributed by atoms with van der Waals surface area (Å²) in [5, 5.41) is 0. The molecule has 0 aliphatic rings. The summed E-state index contributed by atoms with van der Waals surface area (Å²) in [6.07, 6.45) is 2.72. The van der Waals surface area contributed by atoms with Gasteiger partial charge in [0.15, 0.2) is 0 Å². The summed E-state index contributed by atoms with van der Waals surface area (Å²) < 4.78 is 4.87. The van der Waals surface area contributed by atoms with Gasteiger partial charge >= 0.3 is 0 Å². The number of hydrogen-bond donors (Lipinski definition) is 0. The Hall–Kier alpha value is -0.570. The fourth-order valence-electron chi connectivity index (χ4n) is 0.872. The molecule has 0 spiro atoms. The fourth-order valence-corrected chi connectivity index (χ4v) is 0.872. The minimum Gasteiger partial charge on any atom is -0.383 e. The third-order valence-electron chi connectivity index (χ3n) is 1.80. The first-order valence-electron chi connectivity index (χ1n) is 4.45. The van der Waals surface area contributed by atoms with E-state index in [0.717, 1.165) is 12.8 Å². The number of methoxy groups -OCH3 is 1. The average Bonchev–Trinajstić information content (AvgIpc) is 2.10. The van der Waals surface area contributed by atoms with Gasteiger partial charge in [0.1, 0.15) is 0 Å². The Morgan fingerprint density at radius 2 is 2.17 bits per heavy atom. The molecule has 0 saturated heterocycles. The third kappa shape index (κ3) is 5.13. The van der Waals surface area contributed by atoms with Crippen molar-refractivity contribution in [3.05, 3.63) is 0 Å². The van der Waals surface area contributed by atoms with Crippen LogP contribution < -0.4 is 0 Å². The SMILES string of the molecule is CCCCC(=O)N(C)CCOC. The summed E-state index contributed by atoms with van der Waals surface area (Å²) in [4.78, 5) is 13.0. The van der Waals surface area contributed by atoms with Crippen molar-refractivity contribution in [2.75, 3.05) is 27.3 Å². The molecule has 0 radical (unpaired) electrons. The van der Waals surface area contributed by atoms with Gasteiger partial charge in [-0.25, -0.2) is 0 Å². The first-order chi connectivity index (χ1) is 5.72. The highest BCUT2D eigenvalue weighted by molar-refractivity contribution is 5.75. The van der Waals surface area contributed by atoms with Crippen LogP contribution in [0.5, 0.6) is 0 Å². The third-order valence-corrected chi connectivity index (χ3v) is 1.80. The summed E-state index contributed by atoms with van der Waals surface area (Å²) in [6.45, 7) is 3.40. The van der Waals surface area contributed by atoms with Crippen molar-refractivity contribution < 1.29 is 9.53 Å². The summed E-state index contributed by atoms with van der Waals surface area (Å²) in [6, 6.07) is 0. The molecule has 0 saturated carbocycles. The van der Waals surface area contributed by atoms with E-state index in [1.54, 1.807) is 12.0 Å². The van der Waals surface area contributed by atoms with Crippen LogP contribution in [0.15, 0.2) is 0 Å². The Kier molecular flexibility index (Phi) is 6.76. The molecular formula is C9H19NO2. The lowest BCUT2D eigenvalue weighted by molar-refractivity contribution is -0.130. The van der Waals surface area contributed by atoms with Crippen molar-refractivity contribution in [2.45, 2.75) is 26.2 Å². The molecular weight excluding hydrogens is 154 g/mol. The van der Waals surface area contributed by atoms with E-state index in [-0.39, 0.29) is 5.91 Å². The molecule has 0 heterocycles.